The van der Waals surface area contributed by atoms with Crippen LogP contribution in [0.1, 0.15) is 56.3 Å². The Morgan fingerprint density at radius 1 is 1.16 bits per heavy atom. The van der Waals surface area contributed by atoms with Crippen LogP contribution < -0.4 is 0 Å². The van der Waals surface area contributed by atoms with Crippen LogP contribution in [0.25, 0.3) is 0 Å². The Kier molecular flexibility index (Phi) is 6.74. The van der Waals surface area contributed by atoms with Crippen molar-refractivity contribution >= 4 is 23.3 Å². The highest BCUT2D eigenvalue weighted by Gasteiger charge is 2.59. The molecule has 1 aliphatic heterocycles. The molecular weight excluding hydrogens is 426 g/mol. The van der Waals surface area contributed by atoms with Gasteiger partial charge in [0.15, 0.2) is 0 Å². The molecule has 32 heavy (non-hydrogen) atoms. The summed E-state index contributed by atoms with van der Waals surface area (Å²) in [6.45, 7) is 2.92. The second kappa shape index (κ2) is 9.17. The Bertz CT molecular complexity index is 895. The lowest BCUT2D eigenvalue weighted by molar-refractivity contribution is -0.394. The Hall–Kier alpha value is -3.12. The summed E-state index contributed by atoms with van der Waals surface area (Å²) in [5.41, 5.74) is -1.62. The van der Waals surface area contributed by atoms with Crippen LogP contribution in [0.2, 0.25) is 0 Å². The van der Waals surface area contributed by atoms with Crippen LogP contribution in [0.5, 0.6) is 0 Å². The minimum absolute atomic E-state index is 0.0633. The lowest BCUT2D eigenvalue weighted by atomic mass is 9.76. The maximum Gasteiger partial charge on any atom is 0.316 e. The summed E-state index contributed by atoms with van der Waals surface area (Å²) >= 11 is 0. The average Bonchev–Trinajstić information content (AvgIpc) is 3.04. The Morgan fingerprint density at radius 2 is 1.72 bits per heavy atom. The molecule has 12 heteroatoms. The number of hydrogen-bond acceptors (Lipinski definition) is 9. The molecule has 3 atom stereocenters. The van der Waals surface area contributed by atoms with Gasteiger partial charge in [0.25, 0.3) is 17.3 Å². The lowest BCUT2D eigenvalue weighted by Crippen LogP contribution is -2.47. The highest BCUT2D eigenvalue weighted by atomic mass is 16.8. The Balaban J connectivity index is 2.06. The highest BCUT2D eigenvalue weighted by molar-refractivity contribution is 5.96. The number of aliphatic hydroxyl groups is 1. The topological polar surface area (TPSA) is 162 Å². The lowest BCUT2D eigenvalue weighted by Gasteiger charge is -2.34. The normalized spacial score (nSPS) is 26.0. The Labute approximate surface area is 183 Å². The number of ether oxygens (including phenoxy) is 1. The molecule has 1 N–H and O–H groups in total. The molecule has 1 saturated carbocycles. The monoisotopic (exact) mass is 451 g/mol. The number of esters is 1. The molecule has 12 nitrogen and oxygen atoms in total. The number of benzene rings is 1. The van der Waals surface area contributed by atoms with Crippen LogP contribution in [0.3, 0.4) is 0 Å². The largest absolute Gasteiger partial charge is 0.466 e. The number of hydroxylamine groups is 2. The first-order valence-electron chi connectivity index (χ1n) is 10.4. The van der Waals surface area contributed by atoms with E-state index in [1.165, 1.54) is 6.92 Å². The first-order valence-corrected chi connectivity index (χ1v) is 10.4. The summed E-state index contributed by atoms with van der Waals surface area (Å²) in [5, 5.41) is 34.2. The summed E-state index contributed by atoms with van der Waals surface area (Å²) in [6.07, 6.45) is 4.08. The third kappa shape index (κ3) is 4.55. The van der Waals surface area contributed by atoms with Crippen molar-refractivity contribution in [1.82, 2.24) is 5.06 Å². The molecule has 0 unspecified atom stereocenters. The van der Waals surface area contributed by atoms with Crippen molar-refractivity contribution in [3.8, 4) is 0 Å². The molecular formula is C20H25N3O9. The van der Waals surface area contributed by atoms with E-state index in [4.69, 9.17) is 9.57 Å². The van der Waals surface area contributed by atoms with Crippen molar-refractivity contribution in [3.05, 3.63) is 44.0 Å². The quantitative estimate of drug-likeness (QED) is 0.389. The van der Waals surface area contributed by atoms with Gasteiger partial charge in [-0.1, -0.05) is 19.3 Å². The number of amides is 1. The van der Waals surface area contributed by atoms with Crippen LogP contribution >= 0.6 is 0 Å². The zero-order chi connectivity index (χ0) is 23.6. The molecule has 0 bridgehead atoms. The van der Waals surface area contributed by atoms with Gasteiger partial charge in [-0.05, 0) is 32.6 Å². The zero-order valence-electron chi connectivity index (χ0n) is 17.8. The predicted octanol–water partition coefficient (Wildman–Crippen LogP) is 2.73. The summed E-state index contributed by atoms with van der Waals surface area (Å²) in [5.74, 6) is -5.11. The summed E-state index contributed by atoms with van der Waals surface area (Å²) in [4.78, 5) is 52.4. The van der Waals surface area contributed by atoms with Gasteiger partial charge < -0.3 is 9.84 Å². The summed E-state index contributed by atoms with van der Waals surface area (Å²) in [7, 11) is 0. The fraction of sp³-hybridized carbons (Fsp3) is 0.600. The smallest absolute Gasteiger partial charge is 0.316 e. The van der Waals surface area contributed by atoms with Gasteiger partial charge in [0.05, 0.1) is 34.1 Å². The number of nitrogens with zero attached hydrogens (tertiary/aromatic N) is 3. The Morgan fingerprint density at radius 3 is 2.22 bits per heavy atom. The van der Waals surface area contributed by atoms with Crippen molar-refractivity contribution in [3.63, 3.8) is 0 Å². The van der Waals surface area contributed by atoms with Gasteiger partial charge in [-0.2, -0.15) is 0 Å². The van der Waals surface area contributed by atoms with Gasteiger partial charge in [0, 0.05) is 12.1 Å². The second-order valence-corrected chi connectivity index (χ2v) is 8.15. The average molecular weight is 451 g/mol. The molecule has 0 spiro atoms. The van der Waals surface area contributed by atoms with E-state index < -0.39 is 50.8 Å². The van der Waals surface area contributed by atoms with E-state index in [-0.39, 0.29) is 18.1 Å². The molecule has 1 aromatic carbocycles. The van der Waals surface area contributed by atoms with Crippen LogP contribution in [0, 0.1) is 32.1 Å². The number of carbonyl (C=O) groups is 2. The highest BCUT2D eigenvalue weighted by Crippen LogP contribution is 2.44. The van der Waals surface area contributed by atoms with Crippen molar-refractivity contribution < 1.29 is 34.1 Å². The molecule has 1 saturated heterocycles. The van der Waals surface area contributed by atoms with Crippen molar-refractivity contribution in [1.29, 1.82) is 0 Å². The molecule has 1 aliphatic carbocycles. The zero-order valence-corrected chi connectivity index (χ0v) is 17.8. The second-order valence-electron chi connectivity index (χ2n) is 8.15. The number of nitro groups is 2. The van der Waals surface area contributed by atoms with Gasteiger partial charge in [0.1, 0.15) is 5.92 Å². The van der Waals surface area contributed by atoms with E-state index in [1.54, 1.807) is 6.92 Å². The molecule has 3 rings (SSSR count). The SMILES string of the molecule is CCOC(=O)[C@H]1[C@H](C2CCCCC2)N(C(=O)c2cc([N+](=O)[O-])cc([N+](=O)[O-])c2)O[C@@]1(C)O. The number of hydrogen-bond donors (Lipinski definition) is 1. The third-order valence-electron chi connectivity index (χ3n) is 5.92. The van der Waals surface area contributed by atoms with E-state index in [2.05, 4.69) is 0 Å². The summed E-state index contributed by atoms with van der Waals surface area (Å²) < 4.78 is 5.12. The van der Waals surface area contributed by atoms with E-state index >= 15 is 0 Å². The van der Waals surface area contributed by atoms with E-state index in [9.17, 15) is 34.9 Å². The number of carbonyl (C=O) groups excluding carboxylic acids is 2. The number of non-ortho nitro benzene ring substituents is 2. The van der Waals surface area contributed by atoms with Crippen molar-refractivity contribution in [2.24, 2.45) is 11.8 Å². The predicted molar refractivity (Wildman–Crippen MR) is 108 cm³/mol. The third-order valence-corrected chi connectivity index (χ3v) is 5.92. The van der Waals surface area contributed by atoms with E-state index in [0.717, 1.165) is 42.5 Å². The van der Waals surface area contributed by atoms with E-state index in [1.807, 2.05) is 0 Å². The molecule has 1 amide bonds. The van der Waals surface area contributed by atoms with Crippen LogP contribution in [0.15, 0.2) is 18.2 Å². The molecule has 0 radical (unpaired) electrons. The van der Waals surface area contributed by atoms with Crippen LogP contribution in [-0.4, -0.2) is 50.3 Å². The summed E-state index contributed by atoms with van der Waals surface area (Å²) in [6, 6.07) is 1.67. The van der Waals surface area contributed by atoms with Gasteiger partial charge in [-0.25, -0.2) is 9.90 Å². The van der Waals surface area contributed by atoms with Crippen molar-refractivity contribution in [2.45, 2.75) is 57.8 Å². The van der Waals surface area contributed by atoms with Gasteiger partial charge in [-0.3, -0.25) is 29.8 Å². The minimum atomic E-state index is -2.07. The minimum Gasteiger partial charge on any atom is -0.466 e. The molecule has 1 aromatic rings. The van der Waals surface area contributed by atoms with Crippen LogP contribution in [0.4, 0.5) is 11.4 Å². The molecule has 1 heterocycles. The maximum absolute atomic E-state index is 13.4. The standard InChI is InChI=1S/C20H25N3O9/c1-3-31-19(25)16-17(12-7-5-4-6-8-12)21(32-20(16,2)26)18(24)13-9-14(22(27)28)11-15(10-13)23(29)30/h9-12,16-17,26H,3-8H2,1-2H3/t16-,17+,20-/m1/s1. The fourth-order valence-corrected chi connectivity index (χ4v) is 4.53. The first kappa shape index (κ1) is 23.5. The van der Waals surface area contributed by atoms with Gasteiger partial charge in [-0.15, -0.1) is 0 Å². The maximum atomic E-state index is 13.4. The van der Waals surface area contributed by atoms with Crippen molar-refractivity contribution in [2.75, 3.05) is 6.61 Å². The molecule has 0 aromatic heterocycles. The number of nitro benzene ring substituents is 2. The van der Waals surface area contributed by atoms with Gasteiger partial charge in [0.2, 0.25) is 5.79 Å². The molecule has 2 fully saturated rings. The molecule has 2 aliphatic rings. The van der Waals surface area contributed by atoms with Crippen LogP contribution in [-0.2, 0) is 14.4 Å². The van der Waals surface area contributed by atoms with E-state index in [0.29, 0.717) is 12.8 Å². The first-order chi connectivity index (χ1) is 15.1. The molecule has 174 valence electrons. The fourth-order valence-electron chi connectivity index (χ4n) is 4.53. The number of rotatable bonds is 6. The van der Waals surface area contributed by atoms with Gasteiger partial charge >= 0.3 is 5.97 Å².